The third-order valence-electron chi connectivity index (χ3n) is 2.31. The second kappa shape index (κ2) is 3.78. The Balaban J connectivity index is 2.24. The van der Waals surface area contributed by atoms with Gasteiger partial charge in [0.15, 0.2) is 0 Å². The first-order chi connectivity index (χ1) is 6.27. The van der Waals surface area contributed by atoms with Crippen LogP contribution in [0.1, 0.15) is 18.1 Å². The van der Waals surface area contributed by atoms with Crippen molar-refractivity contribution in [2.45, 2.75) is 18.6 Å². The molecule has 2 rings (SSSR count). The molecule has 70 valence electrons. The smallest absolute Gasteiger partial charge is 0.0976 e. The molecule has 0 amide bonds. The number of halogens is 1. The van der Waals surface area contributed by atoms with Crippen LogP contribution in [0, 0.1) is 0 Å². The van der Waals surface area contributed by atoms with E-state index in [-0.39, 0.29) is 12.1 Å². The van der Waals surface area contributed by atoms with Gasteiger partial charge in [0.1, 0.15) is 0 Å². The van der Waals surface area contributed by atoms with E-state index in [0.29, 0.717) is 0 Å². The Morgan fingerprint density at radius 2 is 2.31 bits per heavy atom. The molecular weight excluding hydrogens is 230 g/mol. The van der Waals surface area contributed by atoms with E-state index in [4.69, 9.17) is 10.5 Å². The van der Waals surface area contributed by atoms with Crippen LogP contribution in [0.3, 0.4) is 0 Å². The van der Waals surface area contributed by atoms with Crippen LogP contribution in [0.2, 0.25) is 0 Å². The molecule has 0 radical (unpaired) electrons. The van der Waals surface area contributed by atoms with Crippen LogP contribution in [-0.2, 0) is 4.74 Å². The number of ether oxygens (including phenoxy) is 1. The van der Waals surface area contributed by atoms with Crippen LogP contribution in [0.15, 0.2) is 28.7 Å². The zero-order chi connectivity index (χ0) is 9.26. The molecule has 2 N–H and O–H groups in total. The predicted molar refractivity (Wildman–Crippen MR) is 55.4 cm³/mol. The molecule has 2 atom stereocenters. The fraction of sp³-hybridized carbons (Fsp3) is 0.400. The summed E-state index contributed by atoms with van der Waals surface area (Å²) < 4.78 is 6.64. The van der Waals surface area contributed by atoms with Gasteiger partial charge < -0.3 is 10.5 Å². The molecule has 1 fully saturated rings. The molecule has 0 bridgehead atoms. The fourth-order valence-electron chi connectivity index (χ4n) is 1.63. The highest BCUT2D eigenvalue weighted by Gasteiger charge is 2.26. The lowest BCUT2D eigenvalue weighted by Gasteiger charge is -2.14. The molecule has 3 heteroatoms. The molecule has 1 saturated heterocycles. The molecule has 2 nitrogen and oxygen atoms in total. The van der Waals surface area contributed by atoms with Crippen molar-refractivity contribution in [2.75, 3.05) is 6.61 Å². The quantitative estimate of drug-likeness (QED) is 0.819. The highest BCUT2D eigenvalue weighted by Crippen LogP contribution is 2.28. The van der Waals surface area contributed by atoms with E-state index in [1.165, 1.54) is 5.56 Å². The normalized spacial score (nSPS) is 27.8. The minimum absolute atomic E-state index is 0.0810. The first-order valence-corrected chi connectivity index (χ1v) is 5.19. The average Bonchev–Trinajstić information content (AvgIpc) is 2.51. The standard InChI is InChI=1S/C10H12BrNO/c11-8-3-1-2-7(6-8)10-9(12)4-5-13-10/h1-3,6,9-10H,4-5,12H2. The summed E-state index contributed by atoms with van der Waals surface area (Å²) in [6.07, 6.45) is 1.04. The monoisotopic (exact) mass is 241 g/mol. The summed E-state index contributed by atoms with van der Waals surface area (Å²) in [5, 5.41) is 0. The van der Waals surface area contributed by atoms with Crippen LogP contribution >= 0.6 is 15.9 Å². The van der Waals surface area contributed by atoms with Gasteiger partial charge in [-0.05, 0) is 24.1 Å². The first kappa shape index (κ1) is 9.19. The Bertz CT molecular complexity index is 303. The molecule has 1 aliphatic heterocycles. The highest BCUT2D eigenvalue weighted by atomic mass is 79.9. The van der Waals surface area contributed by atoms with Crippen molar-refractivity contribution >= 4 is 15.9 Å². The van der Waals surface area contributed by atoms with Crippen molar-refractivity contribution in [2.24, 2.45) is 5.73 Å². The van der Waals surface area contributed by atoms with E-state index < -0.39 is 0 Å². The zero-order valence-corrected chi connectivity index (χ0v) is 8.83. The topological polar surface area (TPSA) is 35.2 Å². The Morgan fingerprint density at radius 3 is 2.92 bits per heavy atom. The summed E-state index contributed by atoms with van der Waals surface area (Å²) >= 11 is 3.43. The number of hydrogen-bond acceptors (Lipinski definition) is 2. The lowest BCUT2D eigenvalue weighted by molar-refractivity contribution is 0.105. The molecule has 2 unspecified atom stereocenters. The van der Waals surface area contributed by atoms with Gasteiger partial charge in [-0.3, -0.25) is 0 Å². The summed E-state index contributed by atoms with van der Waals surface area (Å²) in [5.74, 6) is 0. The van der Waals surface area contributed by atoms with Gasteiger partial charge >= 0.3 is 0 Å². The van der Waals surface area contributed by atoms with Crippen molar-refractivity contribution in [1.82, 2.24) is 0 Å². The molecule has 1 heterocycles. The van der Waals surface area contributed by atoms with E-state index in [9.17, 15) is 0 Å². The van der Waals surface area contributed by atoms with Crippen molar-refractivity contribution in [3.63, 3.8) is 0 Å². The maximum Gasteiger partial charge on any atom is 0.0976 e. The maximum absolute atomic E-state index is 5.92. The van der Waals surface area contributed by atoms with Gasteiger partial charge in [-0.1, -0.05) is 28.1 Å². The molecule has 1 aromatic carbocycles. The van der Waals surface area contributed by atoms with Gasteiger partial charge in [-0.25, -0.2) is 0 Å². The van der Waals surface area contributed by atoms with Crippen LogP contribution < -0.4 is 5.73 Å². The summed E-state index contributed by atoms with van der Waals surface area (Å²) in [7, 11) is 0. The van der Waals surface area contributed by atoms with Gasteiger partial charge in [0, 0.05) is 17.1 Å². The zero-order valence-electron chi connectivity index (χ0n) is 7.24. The van der Waals surface area contributed by atoms with Gasteiger partial charge in [-0.15, -0.1) is 0 Å². The van der Waals surface area contributed by atoms with Crippen molar-refractivity contribution in [1.29, 1.82) is 0 Å². The van der Waals surface area contributed by atoms with Crippen LogP contribution in [-0.4, -0.2) is 12.6 Å². The van der Waals surface area contributed by atoms with Gasteiger partial charge in [0.25, 0.3) is 0 Å². The summed E-state index contributed by atoms with van der Waals surface area (Å²) in [4.78, 5) is 0. The minimum atomic E-state index is 0.0810. The van der Waals surface area contributed by atoms with Gasteiger partial charge in [-0.2, -0.15) is 0 Å². The molecule has 0 aliphatic carbocycles. The number of nitrogens with two attached hydrogens (primary N) is 1. The Labute approximate surface area is 86.2 Å². The lowest BCUT2D eigenvalue weighted by Crippen LogP contribution is -2.23. The number of benzene rings is 1. The summed E-state index contributed by atoms with van der Waals surface area (Å²) in [6, 6.07) is 8.28. The van der Waals surface area contributed by atoms with E-state index in [2.05, 4.69) is 28.1 Å². The molecule has 0 saturated carbocycles. The third-order valence-corrected chi connectivity index (χ3v) is 2.81. The molecule has 1 aliphatic rings. The predicted octanol–water partition coefficient (Wildman–Crippen LogP) is 2.24. The molecule has 1 aromatic rings. The van der Waals surface area contributed by atoms with E-state index >= 15 is 0 Å². The first-order valence-electron chi connectivity index (χ1n) is 4.40. The van der Waals surface area contributed by atoms with E-state index in [1.54, 1.807) is 0 Å². The van der Waals surface area contributed by atoms with Crippen molar-refractivity contribution in [3.05, 3.63) is 34.3 Å². The largest absolute Gasteiger partial charge is 0.372 e. The second-order valence-electron chi connectivity index (χ2n) is 3.30. The Hall–Kier alpha value is -0.380. The Kier molecular flexibility index (Phi) is 2.67. The lowest BCUT2D eigenvalue weighted by atomic mass is 10.0. The van der Waals surface area contributed by atoms with Crippen molar-refractivity contribution < 1.29 is 4.74 Å². The molecule has 0 spiro atoms. The molecule has 13 heavy (non-hydrogen) atoms. The minimum Gasteiger partial charge on any atom is -0.372 e. The van der Waals surface area contributed by atoms with Crippen LogP contribution in [0.25, 0.3) is 0 Å². The van der Waals surface area contributed by atoms with E-state index in [1.807, 2.05) is 12.1 Å². The number of hydrogen-bond donors (Lipinski definition) is 1. The second-order valence-corrected chi connectivity index (χ2v) is 4.21. The summed E-state index contributed by atoms with van der Waals surface area (Å²) in [6.45, 7) is 0.776. The van der Waals surface area contributed by atoms with Crippen LogP contribution in [0.4, 0.5) is 0 Å². The Morgan fingerprint density at radius 1 is 1.46 bits per heavy atom. The third kappa shape index (κ3) is 1.93. The fourth-order valence-corrected chi connectivity index (χ4v) is 2.05. The van der Waals surface area contributed by atoms with Crippen molar-refractivity contribution in [3.8, 4) is 0 Å². The van der Waals surface area contributed by atoms with Gasteiger partial charge in [0.2, 0.25) is 0 Å². The number of rotatable bonds is 1. The van der Waals surface area contributed by atoms with E-state index in [0.717, 1.165) is 17.5 Å². The summed E-state index contributed by atoms with van der Waals surface area (Å²) in [5.41, 5.74) is 7.09. The molecular formula is C10H12BrNO. The maximum atomic E-state index is 5.92. The average molecular weight is 242 g/mol. The van der Waals surface area contributed by atoms with Crippen LogP contribution in [0.5, 0.6) is 0 Å². The SMILES string of the molecule is NC1CCOC1c1cccc(Br)c1. The van der Waals surface area contributed by atoms with Gasteiger partial charge in [0.05, 0.1) is 6.10 Å². The molecule has 0 aromatic heterocycles. The highest BCUT2D eigenvalue weighted by molar-refractivity contribution is 9.10.